The van der Waals surface area contributed by atoms with Crippen LogP contribution in [0, 0.1) is 0 Å². The fourth-order valence-corrected chi connectivity index (χ4v) is 3.82. The summed E-state index contributed by atoms with van der Waals surface area (Å²) in [5, 5.41) is 11.1. The molecule has 0 spiro atoms. The van der Waals surface area contributed by atoms with Gasteiger partial charge in [-0.25, -0.2) is 0 Å². The number of hydrogen-bond donors (Lipinski definition) is 1. The number of ether oxygens (including phenoxy) is 3. The highest BCUT2D eigenvalue weighted by Crippen LogP contribution is 2.42. The molecule has 2 aromatic carbocycles. The minimum absolute atomic E-state index is 0.0115. The molecule has 1 N–H and O–H groups in total. The zero-order chi connectivity index (χ0) is 23.3. The molecule has 0 bridgehead atoms. The fraction of sp³-hybridized carbons (Fsp3) is 0.360. The highest BCUT2D eigenvalue weighted by molar-refractivity contribution is 6.46. The van der Waals surface area contributed by atoms with Crippen molar-refractivity contribution in [3.8, 4) is 11.5 Å². The first-order valence-electron chi connectivity index (χ1n) is 10.6. The Kier molecular flexibility index (Phi) is 7.53. The van der Waals surface area contributed by atoms with E-state index in [0.29, 0.717) is 42.2 Å². The number of Topliss-reactive ketones (excluding diaryl/α,β-unsaturated/α-hetero) is 1. The van der Waals surface area contributed by atoms with Crippen molar-refractivity contribution in [3.05, 3.63) is 65.2 Å². The molecule has 0 aromatic heterocycles. The molecule has 1 amide bonds. The second-order valence-electron chi connectivity index (χ2n) is 7.77. The second kappa shape index (κ2) is 10.3. The van der Waals surface area contributed by atoms with E-state index in [2.05, 4.69) is 0 Å². The summed E-state index contributed by atoms with van der Waals surface area (Å²) in [6.07, 6.45) is 0.564. The maximum absolute atomic E-state index is 13.1. The molecule has 0 aliphatic carbocycles. The summed E-state index contributed by atoms with van der Waals surface area (Å²) < 4.78 is 16.3. The summed E-state index contributed by atoms with van der Waals surface area (Å²) in [7, 11) is 3.11. The number of carbonyl (C=O) groups excluding carboxylic acids is 2. The van der Waals surface area contributed by atoms with E-state index in [0.717, 1.165) is 0 Å². The van der Waals surface area contributed by atoms with E-state index in [1.807, 2.05) is 26.0 Å². The highest BCUT2D eigenvalue weighted by atomic mass is 16.5. The number of aliphatic hydroxyl groups is 1. The maximum Gasteiger partial charge on any atom is 0.295 e. The normalized spacial score (nSPS) is 17.8. The van der Waals surface area contributed by atoms with Crippen molar-refractivity contribution in [1.82, 2.24) is 4.90 Å². The van der Waals surface area contributed by atoms with E-state index < -0.39 is 17.7 Å². The molecular formula is C25H29NO6. The van der Waals surface area contributed by atoms with E-state index in [1.165, 1.54) is 12.0 Å². The van der Waals surface area contributed by atoms with Gasteiger partial charge in [0, 0.05) is 31.4 Å². The van der Waals surface area contributed by atoms with Gasteiger partial charge in [-0.05, 0) is 50.6 Å². The standard InChI is InChI=1S/C25H29NO6/c1-16(2)32-18-12-10-17(11-13-18)23(27)21-22(19-8-5-6-9-20(19)31-4)26(14-7-15-30-3)25(29)24(21)28/h5-6,8-13,16,22,27H,7,14-15H2,1-4H3/t22-/m0/s1. The van der Waals surface area contributed by atoms with Crippen LogP contribution in [0.4, 0.5) is 0 Å². The number of aliphatic hydroxyl groups excluding tert-OH is 1. The molecule has 1 saturated heterocycles. The third-order valence-corrected chi connectivity index (χ3v) is 5.22. The summed E-state index contributed by atoms with van der Waals surface area (Å²) in [6.45, 7) is 4.59. The molecule has 0 radical (unpaired) electrons. The molecule has 1 heterocycles. The molecule has 170 valence electrons. The van der Waals surface area contributed by atoms with Crippen LogP contribution in [0.5, 0.6) is 11.5 Å². The van der Waals surface area contributed by atoms with Crippen molar-refractivity contribution in [2.45, 2.75) is 32.4 Å². The molecule has 0 unspecified atom stereocenters. The summed E-state index contributed by atoms with van der Waals surface area (Å²) >= 11 is 0. The first-order valence-corrected chi connectivity index (χ1v) is 10.6. The minimum Gasteiger partial charge on any atom is -0.507 e. The molecule has 1 aliphatic heterocycles. The van der Waals surface area contributed by atoms with Gasteiger partial charge in [-0.2, -0.15) is 0 Å². The first kappa shape index (κ1) is 23.3. The third kappa shape index (κ3) is 4.78. The van der Waals surface area contributed by atoms with Gasteiger partial charge in [0.05, 0.1) is 24.8 Å². The summed E-state index contributed by atoms with van der Waals surface area (Å²) in [5.74, 6) is -0.429. The number of hydrogen-bond acceptors (Lipinski definition) is 6. The number of likely N-dealkylation sites (tertiary alicyclic amines) is 1. The lowest BCUT2D eigenvalue weighted by molar-refractivity contribution is -0.140. The quantitative estimate of drug-likeness (QED) is 0.276. The zero-order valence-electron chi connectivity index (χ0n) is 18.8. The Morgan fingerprint density at radius 2 is 1.75 bits per heavy atom. The largest absolute Gasteiger partial charge is 0.507 e. The minimum atomic E-state index is -0.769. The Balaban J connectivity index is 2.09. The maximum atomic E-state index is 13.1. The SMILES string of the molecule is COCCCN1C(=O)C(=O)C(=C(O)c2ccc(OC(C)C)cc2)[C@@H]1c1ccccc1OC. The fourth-order valence-electron chi connectivity index (χ4n) is 3.82. The van der Waals surface area contributed by atoms with Crippen LogP contribution in [0.2, 0.25) is 0 Å². The van der Waals surface area contributed by atoms with Crippen molar-refractivity contribution >= 4 is 17.4 Å². The topological polar surface area (TPSA) is 85.3 Å². The zero-order valence-corrected chi connectivity index (χ0v) is 18.8. The van der Waals surface area contributed by atoms with Crippen molar-refractivity contribution in [1.29, 1.82) is 0 Å². The number of ketones is 1. The molecule has 7 heteroatoms. The molecule has 2 aromatic rings. The predicted molar refractivity (Wildman–Crippen MR) is 121 cm³/mol. The Morgan fingerprint density at radius 1 is 1.06 bits per heavy atom. The van der Waals surface area contributed by atoms with Gasteiger partial charge < -0.3 is 24.2 Å². The van der Waals surface area contributed by atoms with E-state index >= 15 is 0 Å². The molecule has 0 saturated carbocycles. The average Bonchev–Trinajstić information content (AvgIpc) is 3.03. The summed E-state index contributed by atoms with van der Waals surface area (Å²) in [4.78, 5) is 27.5. The van der Waals surface area contributed by atoms with Crippen LogP contribution < -0.4 is 9.47 Å². The predicted octanol–water partition coefficient (Wildman–Crippen LogP) is 3.94. The van der Waals surface area contributed by atoms with Crippen molar-refractivity contribution < 1.29 is 28.9 Å². The van der Waals surface area contributed by atoms with Gasteiger partial charge in [-0.1, -0.05) is 18.2 Å². The Hall–Kier alpha value is -3.32. The lowest BCUT2D eigenvalue weighted by Gasteiger charge is -2.26. The molecule has 1 aliphatic rings. The van der Waals surface area contributed by atoms with E-state index in [9.17, 15) is 14.7 Å². The van der Waals surface area contributed by atoms with Crippen LogP contribution in [-0.4, -0.2) is 55.2 Å². The van der Waals surface area contributed by atoms with Crippen LogP contribution in [0.15, 0.2) is 54.1 Å². The van der Waals surface area contributed by atoms with Gasteiger partial charge >= 0.3 is 0 Å². The monoisotopic (exact) mass is 439 g/mol. The molecule has 1 atom stereocenters. The lowest BCUT2D eigenvalue weighted by Crippen LogP contribution is -2.31. The summed E-state index contributed by atoms with van der Waals surface area (Å²) in [6, 6.07) is 13.2. The number of methoxy groups -OCH3 is 2. The van der Waals surface area contributed by atoms with Gasteiger partial charge in [0.15, 0.2) is 0 Å². The van der Waals surface area contributed by atoms with Gasteiger partial charge in [-0.15, -0.1) is 0 Å². The number of nitrogens with zero attached hydrogens (tertiary/aromatic N) is 1. The molecule has 32 heavy (non-hydrogen) atoms. The number of para-hydroxylation sites is 1. The van der Waals surface area contributed by atoms with Gasteiger partial charge in [0.2, 0.25) is 0 Å². The number of amides is 1. The molecular weight excluding hydrogens is 410 g/mol. The van der Waals surface area contributed by atoms with E-state index in [1.54, 1.807) is 43.5 Å². The summed E-state index contributed by atoms with van der Waals surface area (Å²) in [5.41, 5.74) is 1.10. The number of rotatable bonds is 9. The van der Waals surface area contributed by atoms with Crippen molar-refractivity contribution in [3.63, 3.8) is 0 Å². The molecule has 1 fully saturated rings. The van der Waals surface area contributed by atoms with Crippen molar-refractivity contribution in [2.75, 3.05) is 27.4 Å². The van der Waals surface area contributed by atoms with Crippen LogP contribution >= 0.6 is 0 Å². The van der Waals surface area contributed by atoms with Crippen LogP contribution in [0.1, 0.15) is 37.4 Å². The Morgan fingerprint density at radius 3 is 2.38 bits per heavy atom. The third-order valence-electron chi connectivity index (χ3n) is 5.22. The van der Waals surface area contributed by atoms with Crippen molar-refractivity contribution in [2.24, 2.45) is 0 Å². The number of carbonyl (C=O) groups is 2. The lowest BCUT2D eigenvalue weighted by atomic mass is 9.94. The molecule has 3 rings (SSSR count). The second-order valence-corrected chi connectivity index (χ2v) is 7.77. The van der Waals surface area contributed by atoms with Gasteiger partial charge in [-0.3, -0.25) is 9.59 Å². The van der Waals surface area contributed by atoms with Crippen LogP contribution in [0.25, 0.3) is 5.76 Å². The van der Waals surface area contributed by atoms with Gasteiger partial charge in [0.1, 0.15) is 17.3 Å². The smallest absolute Gasteiger partial charge is 0.295 e. The highest BCUT2D eigenvalue weighted by Gasteiger charge is 2.46. The average molecular weight is 440 g/mol. The number of benzene rings is 2. The van der Waals surface area contributed by atoms with Gasteiger partial charge in [0.25, 0.3) is 11.7 Å². The van der Waals surface area contributed by atoms with E-state index in [4.69, 9.17) is 14.2 Å². The Labute approximate surface area is 188 Å². The Bertz CT molecular complexity index is 996. The van der Waals surface area contributed by atoms with E-state index in [-0.39, 0.29) is 17.4 Å². The van der Waals surface area contributed by atoms with Crippen LogP contribution in [-0.2, 0) is 14.3 Å². The molecule has 7 nitrogen and oxygen atoms in total. The first-order chi connectivity index (χ1) is 15.4. The van der Waals surface area contributed by atoms with Crippen LogP contribution in [0.3, 0.4) is 0 Å².